The van der Waals surface area contributed by atoms with Gasteiger partial charge in [-0.15, -0.1) is 6.42 Å². The quantitative estimate of drug-likeness (QED) is 0.321. The lowest BCUT2D eigenvalue weighted by Crippen LogP contribution is -1.85. The zero-order valence-electron chi connectivity index (χ0n) is 6.64. The van der Waals surface area contributed by atoms with Crippen molar-refractivity contribution >= 4 is 0 Å². The second-order valence-electron chi connectivity index (χ2n) is 1.84. The third-order valence-corrected chi connectivity index (χ3v) is 1.12. The Morgan fingerprint density at radius 2 is 2.20 bits per heavy atom. The molecule has 0 aromatic heterocycles. The molecule has 1 heteroatoms. The predicted octanol–water partition coefficient (Wildman–Crippen LogP) is 2.12. The lowest BCUT2D eigenvalue weighted by molar-refractivity contribution is 0.304. The van der Waals surface area contributed by atoms with Crippen LogP contribution >= 0.6 is 0 Å². The Labute approximate surface area is 62.4 Å². The van der Waals surface area contributed by atoms with Gasteiger partial charge in [-0.2, -0.15) is 0 Å². The Morgan fingerprint density at radius 1 is 1.60 bits per heavy atom. The van der Waals surface area contributed by atoms with E-state index in [-0.39, 0.29) is 0 Å². The maximum absolute atomic E-state index is 5.16. The first kappa shape index (κ1) is 8.84. The summed E-state index contributed by atoms with van der Waals surface area (Å²) < 4.78 is 4.99. The Bertz CT molecular complexity index is 191. The van der Waals surface area contributed by atoms with Crippen LogP contribution in [0.4, 0.5) is 0 Å². The smallest absolute Gasteiger partial charge is 0.129 e. The number of rotatable bonds is 2. The molecule has 0 spiro atoms. The van der Waals surface area contributed by atoms with Crippen molar-refractivity contribution in [1.82, 2.24) is 0 Å². The van der Waals surface area contributed by atoms with Crippen molar-refractivity contribution in [2.45, 2.75) is 13.8 Å². The molecule has 0 saturated carbocycles. The van der Waals surface area contributed by atoms with Gasteiger partial charge in [-0.1, -0.05) is 12.0 Å². The Morgan fingerprint density at radius 3 is 2.50 bits per heavy atom. The fraction of sp³-hybridized carbons (Fsp3) is 0.333. The average Bonchev–Trinajstić information content (AvgIpc) is 1.99. The molecule has 1 nitrogen and oxygen atoms in total. The first-order chi connectivity index (χ1) is 4.76. The molecule has 0 rings (SSSR count). The Kier molecular flexibility index (Phi) is 4.15. The second kappa shape index (κ2) is 4.69. The van der Waals surface area contributed by atoms with E-state index in [1.807, 2.05) is 26.0 Å². The molecule has 0 bridgehead atoms. The van der Waals surface area contributed by atoms with Gasteiger partial charge in [-0.3, -0.25) is 0 Å². The van der Waals surface area contributed by atoms with Gasteiger partial charge in [-0.05, 0) is 19.9 Å². The van der Waals surface area contributed by atoms with Crippen LogP contribution in [0.2, 0.25) is 0 Å². The van der Waals surface area contributed by atoms with Crippen LogP contribution in [0.15, 0.2) is 23.5 Å². The summed E-state index contributed by atoms with van der Waals surface area (Å²) in [4.78, 5) is 0. The van der Waals surface area contributed by atoms with Crippen molar-refractivity contribution in [2.24, 2.45) is 0 Å². The molecule has 0 N–H and O–H groups in total. The number of hydrogen-bond acceptors (Lipinski definition) is 1. The fourth-order valence-electron chi connectivity index (χ4n) is 0.569. The number of methoxy groups -OCH3 is 1. The topological polar surface area (TPSA) is 9.23 Å². The van der Waals surface area contributed by atoms with Crippen molar-refractivity contribution in [2.75, 3.05) is 7.11 Å². The van der Waals surface area contributed by atoms with Crippen molar-refractivity contribution in [3.63, 3.8) is 0 Å². The average molecular weight is 136 g/mol. The molecule has 0 fully saturated rings. The maximum atomic E-state index is 5.16. The molecule has 0 aliphatic heterocycles. The fourth-order valence-corrected chi connectivity index (χ4v) is 0.569. The van der Waals surface area contributed by atoms with Crippen LogP contribution in [0.5, 0.6) is 0 Å². The summed E-state index contributed by atoms with van der Waals surface area (Å²) in [7, 11) is 1.61. The molecular weight excluding hydrogens is 124 g/mol. The molecule has 54 valence electrons. The summed E-state index contributed by atoms with van der Waals surface area (Å²) >= 11 is 0. The Balaban J connectivity index is 4.50. The standard InChI is InChI=1S/C9H12O/c1-5-7-9(10-4)8(3)6-2/h2,5,7H,1,3-4H3/b7-5-,9-8+. The van der Waals surface area contributed by atoms with Gasteiger partial charge in [-0.25, -0.2) is 0 Å². The zero-order valence-corrected chi connectivity index (χ0v) is 6.64. The van der Waals surface area contributed by atoms with Crippen molar-refractivity contribution in [3.8, 4) is 12.3 Å². The summed E-state index contributed by atoms with van der Waals surface area (Å²) in [6, 6.07) is 0. The molecular formula is C9H12O. The zero-order chi connectivity index (χ0) is 7.98. The van der Waals surface area contributed by atoms with Gasteiger partial charge in [0.2, 0.25) is 0 Å². The predicted molar refractivity (Wildman–Crippen MR) is 43.4 cm³/mol. The lowest BCUT2D eigenvalue weighted by atomic mass is 10.2. The summed E-state index contributed by atoms with van der Waals surface area (Å²) in [5.74, 6) is 3.26. The van der Waals surface area contributed by atoms with E-state index in [0.29, 0.717) is 0 Å². The number of ether oxygens (including phenoxy) is 1. The maximum Gasteiger partial charge on any atom is 0.129 e. The van der Waals surface area contributed by atoms with Crippen LogP contribution < -0.4 is 0 Å². The molecule has 10 heavy (non-hydrogen) atoms. The van der Waals surface area contributed by atoms with E-state index in [2.05, 4.69) is 5.92 Å². The van der Waals surface area contributed by atoms with E-state index >= 15 is 0 Å². The third-order valence-electron chi connectivity index (χ3n) is 1.12. The van der Waals surface area contributed by atoms with Crippen molar-refractivity contribution in [1.29, 1.82) is 0 Å². The minimum Gasteiger partial charge on any atom is -0.496 e. The highest BCUT2D eigenvalue weighted by molar-refractivity contribution is 5.31. The van der Waals surface area contributed by atoms with Crippen molar-refractivity contribution in [3.05, 3.63) is 23.5 Å². The minimum atomic E-state index is 0.755. The van der Waals surface area contributed by atoms with E-state index in [1.165, 1.54) is 0 Å². The van der Waals surface area contributed by atoms with Crippen LogP contribution in [0.1, 0.15) is 13.8 Å². The highest BCUT2D eigenvalue weighted by Crippen LogP contribution is 2.04. The van der Waals surface area contributed by atoms with Gasteiger partial charge in [0, 0.05) is 5.57 Å². The third kappa shape index (κ3) is 2.41. The minimum absolute atomic E-state index is 0.755. The van der Waals surface area contributed by atoms with Gasteiger partial charge < -0.3 is 4.74 Å². The van der Waals surface area contributed by atoms with Gasteiger partial charge >= 0.3 is 0 Å². The number of hydrogen-bond donors (Lipinski definition) is 0. The lowest BCUT2D eigenvalue weighted by Gasteiger charge is -1.99. The monoisotopic (exact) mass is 136 g/mol. The first-order valence-electron chi connectivity index (χ1n) is 3.10. The number of allylic oxidation sites excluding steroid dienone is 3. The van der Waals surface area contributed by atoms with Crippen LogP contribution in [-0.4, -0.2) is 7.11 Å². The van der Waals surface area contributed by atoms with E-state index < -0.39 is 0 Å². The molecule has 0 amide bonds. The molecule has 0 atom stereocenters. The first-order valence-corrected chi connectivity index (χ1v) is 3.10. The summed E-state index contributed by atoms with van der Waals surface area (Å²) in [5, 5.41) is 0. The van der Waals surface area contributed by atoms with Crippen molar-refractivity contribution < 1.29 is 4.74 Å². The van der Waals surface area contributed by atoms with Crippen LogP contribution in [0, 0.1) is 12.3 Å². The van der Waals surface area contributed by atoms with Gasteiger partial charge in [0.05, 0.1) is 7.11 Å². The highest BCUT2D eigenvalue weighted by Gasteiger charge is 1.92. The van der Waals surface area contributed by atoms with E-state index in [4.69, 9.17) is 11.2 Å². The highest BCUT2D eigenvalue weighted by atomic mass is 16.5. The van der Waals surface area contributed by atoms with Gasteiger partial charge in [0.15, 0.2) is 0 Å². The van der Waals surface area contributed by atoms with Gasteiger partial charge in [0.25, 0.3) is 0 Å². The molecule has 0 radical (unpaired) electrons. The largest absolute Gasteiger partial charge is 0.496 e. The molecule has 0 aromatic carbocycles. The molecule has 0 aliphatic carbocycles. The van der Waals surface area contributed by atoms with Crippen LogP contribution in [-0.2, 0) is 4.74 Å². The Hall–Kier alpha value is -1.16. The molecule has 0 aromatic rings. The van der Waals surface area contributed by atoms with E-state index in [9.17, 15) is 0 Å². The van der Waals surface area contributed by atoms with Gasteiger partial charge in [0.1, 0.15) is 5.76 Å². The van der Waals surface area contributed by atoms with E-state index in [0.717, 1.165) is 11.3 Å². The summed E-state index contributed by atoms with van der Waals surface area (Å²) in [5.41, 5.74) is 0.820. The molecule has 0 saturated heterocycles. The molecule has 0 aliphatic rings. The SMILES string of the molecule is C#C/C(C)=C(\C=C/C)OC. The summed E-state index contributed by atoms with van der Waals surface area (Å²) in [6.07, 6.45) is 8.89. The number of terminal acetylenes is 1. The molecule has 0 heterocycles. The molecule has 0 unspecified atom stereocenters. The normalized spacial score (nSPS) is 12.6. The second-order valence-corrected chi connectivity index (χ2v) is 1.84. The van der Waals surface area contributed by atoms with E-state index in [1.54, 1.807) is 7.11 Å². The van der Waals surface area contributed by atoms with Crippen LogP contribution in [0.3, 0.4) is 0 Å². The van der Waals surface area contributed by atoms with Crippen LogP contribution in [0.25, 0.3) is 0 Å². The summed E-state index contributed by atoms with van der Waals surface area (Å²) in [6.45, 7) is 3.77.